The molecule has 4 rings (SSSR count). The minimum atomic E-state index is -0.630. The normalized spacial score (nSPS) is 25.6. The molecule has 2 aromatic rings. The average Bonchev–Trinajstić information content (AvgIpc) is 2.81. The van der Waals surface area contributed by atoms with Gasteiger partial charge in [-0.05, 0) is 29.8 Å². The second-order valence-corrected chi connectivity index (χ2v) is 7.21. The first-order valence-corrected chi connectivity index (χ1v) is 8.63. The molecule has 1 aliphatic carbocycles. The summed E-state index contributed by atoms with van der Waals surface area (Å²) in [6, 6.07) is 14.8. The molecule has 4 nitrogen and oxygen atoms in total. The topological polar surface area (TPSA) is 46.6 Å². The number of hydrogen-bond donors (Lipinski definition) is 0. The van der Waals surface area contributed by atoms with E-state index in [-0.39, 0.29) is 17.9 Å². The highest BCUT2D eigenvalue weighted by Gasteiger charge is 2.57. The van der Waals surface area contributed by atoms with Gasteiger partial charge in [-0.15, -0.1) is 0 Å². The summed E-state index contributed by atoms with van der Waals surface area (Å²) in [5, 5.41) is 0. The van der Waals surface area contributed by atoms with Crippen LogP contribution in [0.2, 0.25) is 0 Å². The molecule has 0 radical (unpaired) electrons. The van der Waals surface area contributed by atoms with Crippen LogP contribution in [-0.4, -0.2) is 29.9 Å². The second-order valence-electron chi connectivity index (χ2n) is 6.30. The fourth-order valence-electron chi connectivity index (χ4n) is 3.75. The van der Waals surface area contributed by atoms with E-state index in [1.165, 1.54) is 4.90 Å². The largest absolute Gasteiger partial charge is 0.381 e. The molecule has 5 heteroatoms. The van der Waals surface area contributed by atoms with Crippen molar-refractivity contribution in [1.82, 2.24) is 4.90 Å². The highest BCUT2D eigenvalue weighted by Crippen LogP contribution is 2.50. The van der Waals surface area contributed by atoms with Gasteiger partial charge < -0.3 is 4.74 Å². The summed E-state index contributed by atoms with van der Waals surface area (Å²) in [5.74, 6) is -0.429. The van der Waals surface area contributed by atoms with Crippen molar-refractivity contribution in [3.8, 4) is 0 Å². The van der Waals surface area contributed by atoms with E-state index in [9.17, 15) is 9.59 Å². The number of imide groups is 1. The second kappa shape index (κ2) is 5.53. The number of nitrogens with zero attached hydrogens (tertiary/aromatic N) is 1. The zero-order valence-electron chi connectivity index (χ0n) is 13.2. The Bertz CT molecular complexity index is 790. The number of benzene rings is 2. The number of carbonyl (C=O) groups is 2. The number of hydrogen-bond acceptors (Lipinski definition) is 3. The number of methoxy groups -OCH3 is 1. The van der Waals surface area contributed by atoms with Crippen LogP contribution in [-0.2, 0) is 10.3 Å². The molecule has 0 spiro atoms. The highest BCUT2D eigenvalue weighted by atomic mass is 79.9. The molecule has 1 saturated carbocycles. The summed E-state index contributed by atoms with van der Waals surface area (Å²) in [6.45, 7) is 0. The number of amides is 2. The maximum Gasteiger partial charge on any atom is 0.262 e. The first-order valence-electron chi connectivity index (χ1n) is 7.83. The highest BCUT2D eigenvalue weighted by molar-refractivity contribution is 9.10. The molecule has 1 fully saturated rings. The zero-order valence-corrected chi connectivity index (χ0v) is 14.7. The van der Waals surface area contributed by atoms with Gasteiger partial charge in [-0.1, -0.05) is 40.2 Å². The summed E-state index contributed by atoms with van der Waals surface area (Å²) in [6.07, 6.45) is 1.30. The summed E-state index contributed by atoms with van der Waals surface area (Å²) >= 11 is 3.44. The number of rotatable bonds is 3. The van der Waals surface area contributed by atoms with E-state index < -0.39 is 5.54 Å². The van der Waals surface area contributed by atoms with Gasteiger partial charge in [-0.2, -0.15) is 0 Å². The summed E-state index contributed by atoms with van der Waals surface area (Å²) in [7, 11) is 1.67. The predicted octanol–water partition coefficient (Wildman–Crippen LogP) is 3.75. The van der Waals surface area contributed by atoms with Crippen LogP contribution >= 0.6 is 15.9 Å². The van der Waals surface area contributed by atoms with Crippen LogP contribution in [0.25, 0.3) is 0 Å². The van der Waals surface area contributed by atoms with Crippen LogP contribution < -0.4 is 0 Å². The number of fused-ring (bicyclic) bond motifs is 1. The Labute approximate surface area is 148 Å². The van der Waals surface area contributed by atoms with Crippen LogP contribution in [0.1, 0.15) is 39.1 Å². The van der Waals surface area contributed by atoms with Crippen molar-refractivity contribution in [2.45, 2.75) is 24.5 Å². The van der Waals surface area contributed by atoms with Crippen LogP contribution in [0.15, 0.2) is 53.0 Å². The maximum atomic E-state index is 12.9. The zero-order chi connectivity index (χ0) is 16.9. The lowest BCUT2D eigenvalue weighted by Crippen LogP contribution is -2.59. The lowest BCUT2D eigenvalue weighted by molar-refractivity contribution is -0.0706. The maximum absolute atomic E-state index is 12.9. The van der Waals surface area contributed by atoms with E-state index in [4.69, 9.17) is 4.74 Å². The van der Waals surface area contributed by atoms with Crippen molar-refractivity contribution in [1.29, 1.82) is 0 Å². The third kappa shape index (κ3) is 2.08. The molecule has 0 unspecified atom stereocenters. The molecule has 24 heavy (non-hydrogen) atoms. The van der Waals surface area contributed by atoms with Gasteiger partial charge in [0.2, 0.25) is 0 Å². The van der Waals surface area contributed by atoms with Gasteiger partial charge in [0.15, 0.2) is 0 Å². The van der Waals surface area contributed by atoms with Gasteiger partial charge in [-0.3, -0.25) is 14.5 Å². The molecular weight excluding hydrogens is 370 g/mol. The Hall–Kier alpha value is -1.98. The third-order valence-electron chi connectivity index (χ3n) is 5.07. The van der Waals surface area contributed by atoms with Gasteiger partial charge in [0.1, 0.15) is 0 Å². The minimum Gasteiger partial charge on any atom is -0.381 e. The molecule has 122 valence electrons. The molecule has 0 N–H and O–H groups in total. The predicted molar refractivity (Wildman–Crippen MR) is 92.8 cm³/mol. The quantitative estimate of drug-likeness (QED) is 0.755. The molecule has 0 bridgehead atoms. The van der Waals surface area contributed by atoms with E-state index >= 15 is 0 Å². The van der Waals surface area contributed by atoms with Crippen molar-refractivity contribution in [2.24, 2.45) is 0 Å². The lowest BCUT2D eigenvalue weighted by Gasteiger charge is -2.51. The SMILES string of the molecule is CO[C@H]1C[C@](c2ccc(Br)cc2)(N2C(=O)c3ccccc3C2=O)C1. The van der Waals surface area contributed by atoms with Gasteiger partial charge in [0.25, 0.3) is 11.8 Å². The Balaban J connectivity index is 1.80. The Morgan fingerprint density at radius 3 is 2.04 bits per heavy atom. The molecular formula is C19H16BrNO3. The van der Waals surface area contributed by atoms with Gasteiger partial charge in [-0.25, -0.2) is 0 Å². The summed E-state index contributed by atoms with van der Waals surface area (Å²) < 4.78 is 6.40. The van der Waals surface area contributed by atoms with Crippen LogP contribution in [0.4, 0.5) is 0 Å². The molecule has 1 aliphatic heterocycles. The Kier molecular flexibility index (Phi) is 3.58. The Morgan fingerprint density at radius 1 is 1.00 bits per heavy atom. The molecule has 2 amide bonds. The van der Waals surface area contributed by atoms with E-state index in [0.717, 1.165) is 10.0 Å². The smallest absolute Gasteiger partial charge is 0.262 e. The molecule has 0 aromatic heterocycles. The standard InChI is InChI=1S/C19H16BrNO3/c1-24-14-10-19(11-14,12-6-8-13(20)9-7-12)21-17(22)15-4-2-3-5-16(15)18(21)23/h2-9,14H,10-11H2,1H3/t14-,19-. The number of carbonyl (C=O) groups excluding carboxylic acids is 2. The van der Waals surface area contributed by atoms with Gasteiger partial charge >= 0.3 is 0 Å². The third-order valence-corrected chi connectivity index (χ3v) is 5.60. The van der Waals surface area contributed by atoms with E-state index in [1.54, 1.807) is 31.4 Å². The number of halogens is 1. The minimum absolute atomic E-state index is 0.0537. The van der Waals surface area contributed by atoms with E-state index in [1.807, 2.05) is 24.3 Å². The summed E-state index contributed by atoms with van der Waals surface area (Å²) in [5.41, 5.74) is 1.31. The first-order chi connectivity index (χ1) is 11.6. The first kappa shape index (κ1) is 15.5. The van der Waals surface area contributed by atoms with Gasteiger partial charge in [0, 0.05) is 24.4 Å². The van der Waals surface area contributed by atoms with Crippen molar-refractivity contribution in [3.05, 3.63) is 69.7 Å². The van der Waals surface area contributed by atoms with Crippen LogP contribution in [0, 0.1) is 0 Å². The monoisotopic (exact) mass is 385 g/mol. The van der Waals surface area contributed by atoms with Crippen molar-refractivity contribution >= 4 is 27.7 Å². The molecule has 1 heterocycles. The lowest BCUT2D eigenvalue weighted by atomic mass is 9.68. The molecule has 2 aliphatic rings. The van der Waals surface area contributed by atoms with E-state index in [0.29, 0.717) is 24.0 Å². The van der Waals surface area contributed by atoms with Crippen molar-refractivity contribution in [2.75, 3.05) is 7.11 Å². The van der Waals surface area contributed by atoms with Crippen molar-refractivity contribution in [3.63, 3.8) is 0 Å². The van der Waals surface area contributed by atoms with Gasteiger partial charge in [0.05, 0.1) is 22.8 Å². The fraction of sp³-hybridized carbons (Fsp3) is 0.263. The Morgan fingerprint density at radius 2 is 1.54 bits per heavy atom. The van der Waals surface area contributed by atoms with E-state index in [2.05, 4.69) is 15.9 Å². The molecule has 0 saturated heterocycles. The van der Waals surface area contributed by atoms with Crippen LogP contribution in [0.3, 0.4) is 0 Å². The fourth-order valence-corrected chi connectivity index (χ4v) is 4.01. The van der Waals surface area contributed by atoms with Crippen LogP contribution in [0.5, 0.6) is 0 Å². The summed E-state index contributed by atoms with van der Waals surface area (Å²) in [4.78, 5) is 27.3. The van der Waals surface area contributed by atoms with Crippen molar-refractivity contribution < 1.29 is 14.3 Å². The number of ether oxygens (including phenoxy) is 1. The molecule has 2 aromatic carbocycles. The average molecular weight is 386 g/mol. The molecule has 0 atom stereocenters.